The molecule has 14 heavy (non-hydrogen) atoms. The van der Waals surface area contributed by atoms with Crippen molar-refractivity contribution in [3.05, 3.63) is 23.0 Å². The lowest BCUT2D eigenvalue weighted by molar-refractivity contribution is 0.0482. The van der Waals surface area contributed by atoms with Crippen LogP contribution in [-0.4, -0.2) is 24.0 Å². The van der Waals surface area contributed by atoms with E-state index in [1.807, 2.05) is 0 Å². The first-order valence-corrected chi connectivity index (χ1v) is 4.48. The van der Waals surface area contributed by atoms with E-state index in [1.165, 1.54) is 13.3 Å². The van der Waals surface area contributed by atoms with Crippen molar-refractivity contribution in [3.8, 4) is 5.75 Å². The average molecular weight is 218 g/mol. The fourth-order valence-corrected chi connectivity index (χ4v) is 1.25. The third-order valence-corrected chi connectivity index (χ3v) is 1.93. The molecule has 1 rings (SSSR count). The number of aliphatic hydroxyl groups excluding tert-OH is 1. The Hall–Kier alpha value is -0.840. The summed E-state index contributed by atoms with van der Waals surface area (Å²) in [4.78, 5) is 3.85. The Morgan fingerprint density at radius 1 is 1.64 bits per heavy atom. The molecule has 0 saturated heterocycles. The summed E-state index contributed by atoms with van der Waals surface area (Å²) in [5, 5.41) is 9.64. The van der Waals surface area contributed by atoms with Crippen LogP contribution in [0.1, 0.15) is 18.6 Å². The van der Waals surface area contributed by atoms with Gasteiger partial charge in [-0.05, 0) is 13.0 Å². The maximum atomic E-state index is 9.42. The molecule has 5 heteroatoms. The highest BCUT2D eigenvalue weighted by Gasteiger charge is 2.13. The zero-order chi connectivity index (χ0) is 10.6. The van der Waals surface area contributed by atoms with E-state index in [0.29, 0.717) is 11.3 Å². The van der Waals surface area contributed by atoms with Crippen molar-refractivity contribution in [2.45, 2.75) is 13.0 Å². The lowest BCUT2D eigenvalue weighted by Gasteiger charge is -2.13. The van der Waals surface area contributed by atoms with Crippen molar-refractivity contribution in [2.24, 2.45) is 0 Å². The van der Waals surface area contributed by atoms with E-state index in [0.717, 1.165) is 0 Å². The van der Waals surface area contributed by atoms with Crippen LogP contribution in [0.3, 0.4) is 0 Å². The number of hydrogen-bond donors (Lipinski definition) is 1. The van der Waals surface area contributed by atoms with Crippen LogP contribution in [0.4, 0.5) is 0 Å². The number of methoxy groups -OCH3 is 1. The van der Waals surface area contributed by atoms with Gasteiger partial charge in [-0.2, -0.15) is 0 Å². The van der Waals surface area contributed by atoms with Gasteiger partial charge in [-0.3, -0.25) is 0 Å². The number of pyridine rings is 1. The second-order valence-corrected chi connectivity index (χ2v) is 3.10. The highest BCUT2D eigenvalue weighted by Crippen LogP contribution is 2.30. The molecule has 0 spiro atoms. The fourth-order valence-electron chi connectivity index (χ4n) is 1.03. The van der Waals surface area contributed by atoms with Crippen LogP contribution in [0.15, 0.2) is 12.3 Å². The molecule has 0 bridgehead atoms. The SMILES string of the molecule is COCOc1c(C(C)O)ccnc1Cl. The molecular formula is C9H12ClNO3. The minimum atomic E-state index is -0.651. The summed E-state index contributed by atoms with van der Waals surface area (Å²) >= 11 is 5.81. The molecule has 78 valence electrons. The first kappa shape index (κ1) is 11.2. The predicted octanol–water partition coefficient (Wildman–Crippen LogP) is 1.77. The Balaban J connectivity index is 2.96. The van der Waals surface area contributed by atoms with Crippen molar-refractivity contribution in [3.63, 3.8) is 0 Å². The molecule has 1 N–H and O–H groups in total. The highest BCUT2D eigenvalue weighted by atomic mass is 35.5. The molecule has 1 aromatic rings. The van der Waals surface area contributed by atoms with Crippen LogP contribution >= 0.6 is 11.6 Å². The van der Waals surface area contributed by atoms with Gasteiger partial charge in [0, 0.05) is 18.9 Å². The van der Waals surface area contributed by atoms with Crippen LogP contribution in [0, 0.1) is 0 Å². The second-order valence-electron chi connectivity index (χ2n) is 2.75. The van der Waals surface area contributed by atoms with Crippen LogP contribution in [0.2, 0.25) is 5.15 Å². The first-order valence-electron chi connectivity index (χ1n) is 4.11. The van der Waals surface area contributed by atoms with E-state index in [2.05, 4.69) is 4.98 Å². The smallest absolute Gasteiger partial charge is 0.188 e. The number of aromatic nitrogens is 1. The molecule has 0 radical (unpaired) electrons. The van der Waals surface area contributed by atoms with E-state index in [1.54, 1.807) is 13.0 Å². The van der Waals surface area contributed by atoms with E-state index >= 15 is 0 Å². The summed E-state index contributed by atoms with van der Waals surface area (Å²) in [6.07, 6.45) is 0.867. The van der Waals surface area contributed by atoms with Gasteiger partial charge in [0.05, 0.1) is 6.10 Å². The average Bonchev–Trinajstić information content (AvgIpc) is 2.15. The van der Waals surface area contributed by atoms with Crippen molar-refractivity contribution in [1.82, 2.24) is 4.98 Å². The zero-order valence-corrected chi connectivity index (χ0v) is 8.78. The summed E-state index contributed by atoms with van der Waals surface area (Å²) in [7, 11) is 1.51. The third kappa shape index (κ3) is 2.57. The molecule has 0 aliphatic heterocycles. The van der Waals surface area contributed by atoms with Gasteiger partial charge in [0.15, 0.2) is 17.7 Å². The Kier molecular flexibility index (Phi) is 4.13. The summed E-state index contributed by atoms with van der Waals surface area (Å²) < 4.78 is 9.95. The lowest BCUT2D eigenvalue weighted by atomic mass is 10.1. The van der Waals surface area contributed by atoms with Crippen LogP contribution in [0.5, 0.6) is 5.75 Å². The number of ether oxygens (including phenoxy) is 2. The maximum absolute atomic E-state index is 9.42. The molecule has 1 heterocycles. The molecule has 1 atom stereocenters. The fraction of sp³-hybridized carbons (Fsp3) is 0.444. The Labute approximate surface area is 87.4 Å². The third-order valence-electron chi connectivity index (χ3n) is 1.66. The number of nitrogens with zero attached hydrogens (tertiary/aromatic N) is 1. The quantitative estimate of drug-likeness (QED) is 0.617. The molecular weight excluding hydrogens is 206 g/mol. The summed E-state index contributed by atoms with van der Waals surface area (Å²) in [6.45, 7) is 1.70. The molecule has 0 fully saturated rings. The predicted molar refractivity (Wildman–Crippen MR) is 52.4 cm³/mol. The summed E-state index contributed by atoms with van der Waals surface area (Å²) in [5.41, 5.74) is 0.599. The van der Waals surface area contributed by atoms with Crippen molar-refractivity contribution >= 4 is 11.6 Å². The monoisotopic (exact) mass is 217 g/mol. The standard InChI is InChI=1S/C9H12ClNO3/c1-6(12)7-3-4-11-9(10)8(7)14-5-13-2/h3-4,6,12H,5H2,1-2H3. The Bertz CT molecular complexity index is 304. The van der Waals surface area contributed by atoms with E-state index < -0.39 is 6.10 Å². The van der Waals surface area contributed by atoms with Gasteiger partial charge < -0.3 is 14.6 Å². The summed E-state index contributed by atoms with van der Waals surface area (Å²) in [6, 6.07) is 1.65. The first-order chi connectivity index (χ1) is 6.66. The van der Waals surface area contributed by atoms with Gasteiger partial charge in [0.25, 0.3) is 0 Å². The van der Waals surface area contributed by atoms with Gasteiger partial charge in [-0.15, -0.1) is 0 Å². The van der Waals surface area contributed by atoms with Crippen LogP contribution in [-0.2, 0) is 4.74 Å². The van der Waals surface area contributed by atoms with Gasteiger partial charge in [0.1, 0.15) is 0 Å². The molecule has 1 aromatic heterocycles. The topological polar surface area (TPSA) is 51.6 Å². The van der Waals surface area contributed by atoms with Crippen molar-refractivity contribution in [1.29, 1.82) is 0 Å². The lowest BCUT2D eigenvalue weighted by Crippen LogP contribution is -2.04. The van der Waals surface area contributed by atoms with Crippen molar-refractivity contribution < 1.29 is 14.6 Å². The van der Waals surface area contributed by atoms with Gasteiger partial charge >= 0.3 is 0 Å². The van der Waals surface area contributed by atoms with E-state index in [-0.39, 0.29) is 11.9 Å². The zero-order valence-electron chi connectivity index (χ0n) is 8.03. The van der Waals surface area contributed by atoms with Gasteiger partial charge in [0.2, 0.25) is 0 Å². The summed E-state index contributed by atoms with van der Waals surface area (Å²) in [5.74, 6) is 0.367. The molecule has 0 aromatic carbocycles. The largest absolute Gasteiger partial charge is 0.464 e. The normalized spacial score (nSPS) is 12.6. The number of hydrogen-bond acceptors (Lipinski definition) is 4. The molecule has 0 amide bonds. The molecule has 4 nitrogen and oxygen atoms in total. The minimum Gasteiger partial charge on any atom is -0.464 e. The Morgan fingerprint density at radius 3 is 2.93 bits per heavy atom. The molecule has 1 unspecified atom stereocenters. The van der Waals surface area contributed by atoms with Gasteiger partial charge in [-0.1, -0.05) is 11.6 Å². The minimum absolute atomic E-state index is 0.0745. The number of aliphatic hydroxyl groups is 1. The van der Waals surface area contributed by atoms with Crippen LogP contribution < -0.4 is 4.74 Å². The van der Waals surface area contributed by atoms with E-state index in [9.17, 15) is 5.11 Å². The number of halogens is 1. The molecule has 0 aliphatic rings. The molecule has 0 aliphatic carbocycles. The maximum Gasteiger partial charge on any atom is 0.188 e. The number of rotatable bonds is 4. The van der Waals surface area contributed by atoms with Gasteiger partial charge in [-0.25, -0.2) is 4.98 Å². The van der Waals surface area contributed by atoms with E-state index in [4.69, 9.17) is 21.1 Å². The van der Waals surface area contributed by atoms with Crippen molar-refractivity contribution in [2.75, 3.05) is 13.9 Å². The second kappa shape index (κ2) is 5.14. The van der Waals surface area contributed by atoms with Crippen LogP contribution in [0.25, 0.3) is 0 Å². The highest BCUT2D eigenvalue weighted by molar-refractivity contribution is 6.30. The molecule has 0 saturated carbocycles. The Morgan fingerprint density at radius 2 is 2.36 bits per heavy atom.